The Morgan fingerprint density at radius 1 is 1.15 bits per heavy atom. The topological polar surface area (TPSA) is 61.9 Å². The third-order valence-corrected chi connectivity index (χ3v) is 4.85. The molecule has 1 N–H and O–H groups in total. The van der Waals surface area contributed by atoms with Crippen LogP contribution in [0.4, 0.5) is 18.9 Å². The highest BCUT2D eigenvalue weighted by molar-refractivity contribution is 5.92. The van der Waals surface area contributed by atoms with E-state index in [2.05, 4.69) is 17.0 Å². The fourth-order valence-electron chi connectivity index (χ4n) is 3.17. The highest BCUT2D eigenvalue weighted by Crippen LogP contribution is 2.39. The van der Waals surface area contributed by atoms with Crippen LogP contribution >= 0.6 is 0 Å². The number of hydrogen-bond acceptors (Lipinski definition) is 4. The number of rotatable bonds is 5. The molecule has 1 aliphatic carbocycles. The molecule has 2 aliphatic rings. The highest BCUT2D eigenvalue weighted by Gasteiger charge is 2.42. The van der Waals surface area contributed by atoms with Crippen molar-refractivity contribution in [3.05, 3.63) is 24.3 Å². The van der Waals surface area contributed by atoms with E-state index in [0.29, 0.717) is 37.8 Å². The molecule has 0 radical (unpaired) electrons. The lowest BCUT2D eigenvalue weighted by molar-refractivity contribution is -0.274. The Hall–Kier alpha value is -2.29. The quantitative estimate of drug-likeness (QED) is 0.845. The van der Waals surface area contributed by atoms with E-state index in [0.717, 1.165) is 18.6 Å². The van der Waals surface area contributed by atoms with Gasteiger partial charge in [-0.25, -0.2) is 0 Å². The van der Waals surface area contributed by atoms with Crippen molar-refractivity contribution >= 4 is 17.5 Å². The number of amides is 2. The van der Waals surface area contributed by atoms with E-state index in [9.17, 15) is 22.8 Å². The van der Waals surface area contributed by atoms with Crippen molar-refractivity contribution in [1.29, 1.82) is 0 Å². The lowest BCUT2D eigenvalue weighted by Crippen LogP contribution is -2.51. The third-order valence-electron chi connectivity index (χ3n) is 4.85. The SMILES string of the molecule is C[C@H]1C[C@@H]1C(=O)N1CCN(CC(=O)Nc2ccc(OC(F)(F)F)cc2)CC1. The van der Waals surface area contributed by atoms with Crippen LogP contribution in [-0.2, 0) is 9.59 Å². The average Bonchev–Trinajstić information content (AvgIpc) is 3.32. The fraction of sp³-hybridized carbons (Fsp3) is 0.556. The summed E-state index contributed by atoms with van der Waals surface area (Å²) in [6.07, 6.45) is -3.78. The van der Waals surface area contributed by atoms with Crippen LogP contribution in [-0.4, -0.2) is 60.7 Å². The van der Waals surface area contributed by atoms with Gasteiger partial charge in [0.1, 0.15) is 5.75 Å². The highest BCUT2D eigenvalue weighted by atomic mass is 19.4. The third kappa shape index (κ3) is 5.59. The number of benzene rings is 1. The summed E-state index contributed by atoms with van der Waals surface area (Å²) in [6, 6.07) is 5.00. The largest absolute Gasteiger partial charge is 0.573 e. The van der Waals surface area contributed by atoms with Crippen LogP contribution in [0.1, 0.15) is 13.3 Å². The number of nitrogens with one attached hydrogen (secondary N) is 1. The molecule has 1 saturated carbocycles. The maximum Gasteiger partial charge on any atom is 0.573 e. The number of halogens is 3. The molecule has 0 aromatic heterocycles. The Morgan fingerprint density at radius 3 is 2.26 bits per heavy atom. The molecule has 9 heteroatoms. The predicted molar refractivity (Wildman–Crippen MR) is 92.0 cm³/mol. The summed E-state index contributed by atoms with van der Waals surface area (Å²) >= 11 is 0. The molecule has 6 nitrogen and oxygen atoms in total. The van der Waals surface area contributed by atoms with E-state index < -0.39 is 6.36 Å². The molecular weight excluding hydrogens is 363 g/mol. The summed E-state index contributed by atoms with van der Waals surface area (Å²) in [6.45, 7) is 4.71. The Kier molecular flexibility index (Phi) is 5.59. The van der Waals surface area contributed by atoms with Gasteiger partial charge in [0.05, 0.1) is 6.54 Å². The number of alkyl halides is 3. The van der Waals surface area contributed by atoms with Gasteiger partial charge in [-0.2, -0.15) is 0 Å². The smallest absolute Gasteiger partial charge is 0.406 e. The van der Waals surface area contributed by atoms with Gasteiger partial charge < -0.3 is 15.0 Å². The molecule has 1 aromatic rings. The van der Waals surface area contributed by atoms with Gasteiger partial charge >= 0.3 is 6.36 Å². The molecule has 1 saturated heterocycles. The molecule has 1 heterocycles. The van der Waals surface area contributed by atoms with E-state index in [1.54, 1.807) is 0 Å². The van der Waals surface area contributed by atoms with Gasteiger partial charge in [0.15, 0.2) is 0 Å². The Balaban J connectivity index is 1.41. The number of ether oxygens (including phenoxy) is 1. The van der Waals surface area contributed by atoms with Gasteiger partial charge in [-0.05, 0) is 36.6 Å². The first-order valence-electron chi connectivity index (χ1n) is 8.88. The molecule has 0 spiro atoms. The van der Waals surface area contributed by atoms with E-state index in [1.165, 1.54) is 12.1 Å². The molecule has 1 aliphatic heterocycles. The maximum absolute atomic E-state index is 12.2. The minimum atomic E-state index is -4.74. The first kappa shape index (κ1) is 19.5. The van der Waals surface area contributed by atoms with E-state index >= 15 is 0 Å². The first-order chi connectivity index (χ1) is 12.7. The molecule has 27 heavy (non-hydrogen) atoms. The molecule has 2 atom stereocenters. The first-order valence-corrected chi connectivity index (χ1v) is 8.88. The van der Waals surface area contributed by atoms with Gasteiger partial charge in [-0.3, -0.25) is 14.5 Å². The summed E-state index contributed by atoms with van der Waals surface area (Å²) in [5.74, 6) is 0.271. The van der Waals surface area contributed by atoms with Crippen molar-refractivity contribution < 1.29 is 27.5 Å². The zero-order chi connectivity index (χ0) is 19.6. The molecule has 0 unspecified atom stereocenters. The van der Waals surface area contributed by atoms with Crippen molar-refractivity contribution in [2.45, 2.75) is 19.7 Å². The van der Waals surface area contributed by atoms with Crippen molar-refractivity contribution in [1.82, 2.24) is 9.80 Å². The van der Waals surface area contributed by atoms with Gasteiger partial charge in [0.25, 0.3) is 0 Å². The van der Waals surface area contributed by atoms with Crippen LogP contribution < -0.4 is 10.1 Å². The second kappa shape index (κ2) is 7.75. The Labute approximate surface area is 155 Å². The summed E-state index contributed by atoms with van der Waals surface area (Å²) in [7, 11) is 0. The van der Waals surface area contributed by atoms with Crippen molar-refractivity contribution in [2.24, 2.45) is 11.8 Å². The second-order valence-corrected chi connectivity index (χ2v) is 7.04. The van der Waals surface area contributed by atoms with Crippen LogP contribution in [0, 0.1) is 11.8 Å². The zero-order valence-electron chi connectivity index (χ0n) is 15.0. The van der Waals surface area contributed by atoms with E-state index in [-0.39, 0.29) is 30.0 Å². The summed E-state index contributed by atoms with van der Waals surface area (Å²) in [5.41, 5.74) is 0.394. The number of carbonyl (C=O) groups is 2. The van der Waals surface area contributed by atoms with Gasteiger partial charge in [0.2, 0.25) is 11.8 Å². The minimum absolute atomic E-state index is 0.169. The number of nitrogens with zero attached hydrogens (tertiary/aromatic N) is 2. The van der Waals surface area contributed by atoms with Crippen LogP contribution in [0.3, 0.4) is 0 Å². The number of anilines is 1. The van der Waals surface area contributed by atoms with Crippen LogP contribution in [0.2, 0.25) is 0 Å². The van der Waals surface area contributed by atoms with Gasteiger partial charge in [-0.15, -0.1) is 13.2 Å². The molecule has 2 amide bonds. The maximum atomic E-state index is 12.2. The molecule has 148 valence electrons. The minimum Gasteiger partial charge on any atom is -0.406 e. The molecular formula is C18H22F3N3O3. The van der Waals surface area contributed by atoms with E-state index in [4.69, 9.17) is 0 Å². The lowest BCUT2D eigenvalue weighted by Gasteiger charge is -2.34. The second-order valence-electron chi connectivity index (χ2n) is 7.04. The Morgan fingerprint density at radius 2 is 1.74 bits per heavy atom. The average molecular weight is 385 g/mol. The van der Waals surface area contributed by atoms with Crippen molar-refractivity contribution in [3.8, 4) is 5.75 Å². The monoisotopic (exact) mass is 385 g/mol. The lowest BCUT2D eigenvalue weighted by atomic mass is 10.2. The van der Waals surface area contributed by atoms with Crippen molar-refractivity contribution in [3.63, 3.8) is 0 Å². The van der Waals surface area contributed by atoms with Gasteiger partial charge in [0, 0.05) is 37.8 Å². The molecule has 0 bridgehead atoms. The van der Waals surface area contributed by atoms with Crippen LogP contribution in [0.15, 0.2) is 24.3 Å². The van der Waals surface area contributed by atoms with Crippen LogP contribution in [0.25, 0.3) is 0 Å². The Bertz CT molecular complexity index is 685. The zero-order valence-corrected chi connectivity index (χ0v) is 15.0. The summed E-state index contributed by atoms with van der Waals surface area (Å²) in [5, 5.41) is 2.65. The molecule has 1 aromatic carbocycles. The van der Waals surface area contributed by atoms with E-state index in [1.807, 2.05) is 9.80 Å². The molecule has 3 rings (SSSR count). The number of hydrogen-bond donors (Lipinski definition) is 1. The predicted octanol–water partition coefficient (Wildman–Crippen LogP) is 2.32. The van der Waals surface area contributed by atoms with Gasteiger partial charge in [-0.1, -0.05) is 6.92 Å². The fourth-order valence-corrected chi connectivity index (χ4v) is 3.17. The van der Waals surface area contributed by atoms with Crippen LogP contribution in [0.5, 0.6) is 5.75 Å². The summed E-state index contributed by atoms with van der Waals surface area (Å²) < 4.78 is 40.2. The number of carbonyl (C=O) groups excluding carboxylic acids is 2. The molecule has 2 fully saturated rings. The standard InChI is InChI=1S/C18H22F3N3O3/c1-12-10-15(12)17(26)24-8-6-23(7-9-24)11-16(25)22-13-2-4-14(5-3-13)27-18(19,20)21/h2-5,12,15H,6-11H2,1H3,(H,22,25)/t12-,15-/m0/s1. The summed E-state index contributed by atoms with van der Waals surface area (Å²) in [4.78, 5) is 28.1. The normalized spacial score (nSPS) is 23.0. The van der Waals surface area contributed by atoms with Crippen molar-refractivity contribution in [2.75, 3.05) is 38.0 Å². The number of piperazine rings is 1.